The fourth-order valence-corrected chi connectivity index (χ4v) is 1.99. The average Bonchev–Trinajstić information content (AvgIpc) is 2.46. The first-order chi connectivity index (χ1) is 10.8. The SMILES string of the molecule is CCCCCC(C)OC(=O)c1cc([N+](=O)[O-])cc([N+](=O)[O-])c1O. The van der Waals surface area contributed by atoms with Crippen molar-refractivity contribution in [3.05, 3.63) is 37.9 Å². The third kappa shape index (κ3) is 4.90. The van der Waals surface area contributed by atoms with E-state index in [9.17, 15) is 30.1 Å². The molecule has 9 heteroatoms. The molecule has 1 atom stereocenters. The van der Waals surface area contributed by atoms with Crippen LogP contribution in [-0.2, 0) is 4.74 Å². The van der Waals surface area contributed by atoms with Gasteiger partial charge in [-0.2, -0.15) is 0 Å². The number of carbonyl (C=O) groups excluding carboxylic acids is 1. The zero-order valence-electron chi connectivity index (χ0n) is 12.9. The van der Waals surface area contributed by atoms with Crippen molar-refractivity contribution in [3.8, 4) is 5.75 Å². The van der Waals surface area contributed by atoms with E-state index in [1.54, 1.807) is 6.92 Å². The summed E-state index contributed by atoms with van der Waals surface area (Å²) in [6.07, 6.45) is 2.93. The molecule has 1 aromatic rings. The van der Waals surface area contributed by atoms with Gasteiger partial charge in [0.15, 0.2) is 0 Å². The van der Waals surface area contributed by atoms with Gasteiger partial charge in [-0.25, -0.2) is 4.79 Å². The predicted octanol–water partition coefficient (Wildman–Crippen LogP) is 3.33. The maximum absolute atomic E-state index is 12.0. The Hall–Kier alpha value is -2.71. The molecule has 0 aliphatic heterocycles. The maximum Gasteiger partial charge on any atom is 0.342 e. The Morgan fingerprint density at radius 2 is 1.91 bits per heavy atom. The highest BCUT2D eigenvalue weighted by atomic mass is 16.6. The molecule has 9 nitrogen and oxygen atoms in total. The van der Waals surface area contributed by atoms with E-state index in [1.165, 1.54) is 0 Å². The first-order valence-corrected chi connectivity index (χ1v) is 7.14. The lowest BCUT2D eigenvalue weighted by molar-refractivity contribution is -0.394. The van der Waals surface area contributed by atoms with Crippen LogP contribution in [0.3, 0.4) is 0 Å². The molecule has 0 aromatic heterocycles. The van der Waals surface area contributed by atoms with Gasteiger partial charge in [-0.05, 0) is 19.8 Å². The zero-order valence-corrected chi connectivity index (χ0v) is 12.9. The van der Waals surface area contributed by atoms with Crippen molar-refractivity contribution in [1.29, 1.82) is 0 Å². The van der Waals surface area contributed by atoms with Crippen molar-refractivity contribution in [1.82, 2.24) is 0 Å². The summed E-state index contributed by atoms with van der Waals surface area (Å²) >= 11 is 0. The van der Waals surface area contributed by atoms with Crippen LogP contribution in [0, 0.1) is 20.2 Å². The molecule has 0 aliphatic rings. The fraction of sp³-hybridized carbons (Fsp3) is 0.500. The smallest absolute Gasteiger partial charge is 0.342 e. The molecular formula is C14H18N2O7. The van der Waals surface area contributed by atoms with E-state index >= 15 is 0 Å². The number of rotatable bonds is 8. The van der Waals surface area contributed by atoms with Gasteiger partial charge in [0, 0.05) is 6.07 Å². The molecule has 23 heavy (non-hydrogen) atoms. The number of esters is 1. The van der Waals surface area contributed by atoms with Crippen LogP contribution in [-0.4, -0.2) is 27.0 Å². The number of phenolic OH excluding ortho intramolecular Hbond substituents is 1. The molecule has 1 N–H and O–H groups in total. The van der Waals surface area contributed by atoms with Crippen LogP contribution in [0.5, 0.6) is 5.75 Å². The van der Waals surface area contributed by atoms with Gasteiger partial charge in [0.2, 0.25) is 5.75 Å². The first kappa shape index (κ1) is 18.3. The molecule has 1 unspecified atom stereocenters. The van der Waals surface area contributed by atoms with Crippen molar-refractivity contribution in [2.45, 2.75) is 45.6 Å². The normalized spacial score (nSPS) is 11.7. The number of non-ortho nitro benzene ring substituents is 1. The van der Waals surface area contributed by atoms with E-state index in [0.29, 0.717) is 12.5 Å². The number of unbranched alkanes of at least 4 members (excludes halogenated alkanes) is 2. The molecule has 0 spiro atoms. The van der Waals surface area contributed by atoms with E-state index < -0.39 is 44.6 Å². The van der Waals surface area contributed by atoms with E-state index in [0.717, 1.165) is 25.3 Å². The number of nitro groups is 2. The van der Waals surface area contributed by atoms with Crippen LogP contribution in [0.25, 0.3) is 0 Å². The van der Waals surface area contributed by atoms with Crippen molar-refractivity contribution < 1.29 is 24.5 Å². The van der Waals surface area contributed by atoms with Crippen LogP contribution in [0.1, 0.15) is 49.9 Å². The number of carbonyl (C=O) groups is 1. The Morgan fingerprint density at radius 1 is 1.26 bits per heavy atom. The number of nitro benzene ring substituents is 2. The second-order valence-electron chi connectivity index (χ2n) is 5.09. The molecule has 126 valence electrons. The highest BCUT2D eigenvalue weighted by Crippen LogP contribution is 2.34. The number of hydrogen-bond acceptors (Lipinski definition) is 7. The van der Waals surface area contributed by atoms with Crippen molar-refractivity contribution in [2.75, 3.05) is 0 Å². The lowest BCUT2D eigenvalue weighted by atomic mass is 10.1. The van der Waals surface area contributed by atoms with E-state index in [2.05, 4.69) is 0 Å². The van der Waals surface area contributed by atoms with Gasteiger partial charge in [-0.1, -0.05) is 19.8 Å². The minimum atomic E-state index is -1.03. The topological polar surface area (TPSA) is 133 Å². The molecule has 1 rings (SSSR count). The number of ether oxygens (including phenoxy) is 1. The monoisotopic (exact) mass is 326 g/mol. The highest BCUT2D eigenvalue weighted by Gasteiger charge is 2.28. The molecule has 0 fully saturated rings. The third-order valence-corrected chi connectivity index (χ3v) is 3.22. The summed E-state index contributed by atoms with van der Waals surface area (Å²) in [7, 11) is 0. The summed E-state index contributed by atoms with van der Waals surface area (Å²) in [5, 5.41) is 31.4. The van der Waals surface area contributed by atoms with Gasteiger partial charge in [0.05, 0.1) is 22.0 Å². The minimum absolute atomic E-state index is 0.466. The van der Waals surface area contributed by atoms with Crippen LogP contribution >= 0.6 is 0 Å². The molecule has 0 heterocycles. The summed E-state index contributed by atoms with van der Waals surface area (Å²) in [5.74, 6) is -1.97. The van der Waals surface area contributed by atoms with E-state index in [4.69, 9.17) is 4.74 Å². The summed E-state index contributed by atoms with van der Waals surface area (Å²) in [6.45, 7) is 3.67. The lowest BCUT2D eigenvalue weighted by Crippen LogP contribution is -2.15. The Kier molecular flexibility index (Phi) is 6.43. The summed E-state index contributed by atoms with van der Waals surface area (Å²) < 4.78 is 5.09. The lowest BCUT2D eigenvalue weighted by Gasteiger charge is -2.13. The molecule has 0 bridgehead atoms. The molecule has 0 amide bonds. The standard InChI is InChI=1S/C14H18N2O7/c1-3-4-5-6-9(2)23-14(18)11-7-10(15(19)20)8-12(13(11)17)16(21)22/h7-9,17H,3-6H2,1-2H3. The zero-order chi connectivity index (χ0) is 17.6. The summed E-state index contributed by atoms with van der Waals surface area (Å²) in [6, 6.07) is 1.36. The number of hydrogen-bond donors (Lipinski definition) is 1. The van der Waals surface area contributed by atoms with E-state index in [1.807, 2.05) is 6.92 Å². The van der Waals surface area contributed by atoms with Gasteiger partial charge < -0.3 is 9.84 Å². The predicted molar refractivity (Wildman–Crippen MR) is 80.4 cm³/mol. The number of benzene rings is 1. The highest BCUT2D eigenvalue weighted by molar-refractivity contribution is 5.95. The average molecular weight is 326 g/mol. The van der Waals surface area contributed by atoms with E-state index in [-0.39, 0.29) is 0 Å². The number of nitrogens with zero attached hydrogens (tertiary/aromatic N) is 2. The molecule has 1 aromatic carbocycles. The molecule has 0 saturated heterocycles. The van der Waals surface area contributed by atoms with Crippen molar-refractivity contribution in [2.24, 2.45) is 0 Å². The quantitative estimate of drug-likeness (QED) is 0.335. The fourth-order valence-electron chi connectivity index (χ4n) is 1.99. The Balaban J connectivity index is 3.03. The summed E-state index contributed by atoms with van der Waals surface area (Å²) in [4.78, 5) is 31.8. The molecule has 0 saturated carbocycles. The van der Waals surface area contributed by atoms with Crippen molar-refractivity contribution >= 4 is 17.3 Å². The van der Waals surface area contributed by atoms with Gasteiger partial charge in [-0.3, -0.25) is 20.2 Å². The van der Waals surface area contributed by atoms with Crippen LogP contribution in [0.15, 0.2) is 12.1 Å². The largest absolute Gasteiger partial charge is 0.501 e. The number of phenols is 1. The molecular weight excluding hydrogens is 308 g/mol. The van der Waals surface area contributed by atoms with Gasteiger partial charge in [-0.15, -0.1) is 0 Å². The molecule has 0 aliphatic carbocycles. The van der Waals surface area contributed by atoms with Gasteiger partial charge >= 0.3 is 11.7 Å². The van der Waals surface area contributed by atoms with Crippen LogP contribution < -0.4 is 0 Å². The number of aromatic hydroxyl groups is 1. The Bertz CT molecular complexity index is 615. The maximum atomic E-state index is 12.0. The van der Waals surface area contributed by atoms with Crippen molar-refractivity contribution in [3.63, 3.8) is 0 Å². The second-order valence-corrected chi connectivity index (χ2v) is 5.09. The first-order valence-electron chi connectivity index (χ1n) is 7.14. The molecule has 0 radical (unpaired) electrons. The Labute approximate surface area is 132 Å². The Morgan fingerprint density at radius 3 is 2.43 bits per heavy atom. The van der Waals surface area contributed by atoms with Crippen LogP contribution in [0.4, 0.5) is 11.4 Å². The minimum Gasteiger partial charge on any atom is -0.501 e. The van der Waals surface area contributed by atoms with Crippen LogP contribution in [0.2, 0.25) is 0 Å². The second kappa shape index (κ2) is 8.06. The summed E-state index contributed by atoms with van der Waals surface area (Å²) in [5.41, 5.74) is -2.17. The van der Waals surface area contributed by atoms with Gasteiger partial charge in [0.1, 0.15) is 5.56 Å². The van der Waals surface area contributed by atoms with Gasteiger partial charge in [0.25, 0.3) is 5.69 Å². The third-order valence-electron chi connectivity index (χ3n) is 3.22.